The molecule has 0 aromatic heterocycles. The maximum absolute atomic E-state index is 11.9. The minimum absolute atomic E-state index is 1.65. The zero-order valence-corrected chi connectivity index (χ0v) is 5.37. The van der Waals surface area contributed by atoms with Gasteiger partial charge in [-0.15, -0.1) is 0 Å². The molecule has 0 radical (unpaired) electrons. The third-order valence-electron chi connectivity index (χ3n) is 0.439. The van der Waals surface area contributed by atoms with Gasteiger partial charge in [0.15, 0.2) is 0 Å². The van der Waals surface area contributed by atoms with Gasteiger partial charge < -0.3 is 0 Å². The highest BCUT2D eigenvalue weighted by atomic mass is 79.9. The van der Waals surface area contributed by atoms with E-state index in [1.54, 1.807) is 15.9 Å². The molecule has 0 saturated heterocycles. The third kappa shape index (κ3) is 1.56. The number of rotatable bonds is 2. The van der Waals surface area contributed by atoms with Crippen molar-refractivity contribution in [2.45, 2.75) is 4.83 Å². The van der Waals surface area contributed by atoms with Gasteiger partial charge in [0.25, 0.3) is 0 Å². The third-order valence-corrected chi connectivity index (χ3v) is 1.02. The van der Waals surface area contributed by atoms with Crippen molar-refractivity contribution in [1.82, 2.24) is 0 Å². The van der Waals surface area contributed by atoms with E-state index in [4.69, 9.17) is 0 Å². The Morgan fingerprint density at radius 1 is 1.33 bits per heavy atom. The van der Waals surface area contributed by atoms with Gasteiger partial charge in [-0.3, -0.25) is 20.2 Å². The molecule has 0 aromatic carbocycles. The highest BCUT2D eigenvalue weighted by Crippen LogP contribution is 2.20. The Labute approximate surface area is 56.1 Å². The van der Waals surface area contributed by atoms with E-state index >= 15 is 0 Å². The van der Waals surface area contributed by atoms with Gasteiger partial charge in [-0.25, -0.2) is 0 Å². The predicted octanol–water partition coefficient (Wildman–Crippen LogP) is 0.515. The lowest BCUT2D eigenvalue weighted by Crippen LogP contribution is -2.34. The van der Waals surface area contributed by atoms with Crippen molar-refractivity contribution in [3.05, 3.63) is 20.2 Å². The summed E-state index contributed by atoms with van der Waals surface area (Å²) in [6.45, 7) is 0. The summed E-state index contributed by atoms with van der Waals surface area (Å²) in [5.41, 5.74) is 0. The Kier molecular flexibility index (Phi) is 2.02. The number of hydrogen-bond acceptors (Lipinski definition) is 4. The first-order chi connectivity index (χ1) is 3.89. The first-order valence-corrected chi connectivity index (χ1v) is 2.35. The van der Waals surface area contributed by atoms with Crippen LogP contribution in [0, 0.1) is 20.2 Å². The Morgan fingerprint density at radius 2 is 1.56 bits per heavy atom. The average molecular weight is 203 g/mol. The van der Waals surface area contributed by atoms with Gasteiger partial charge >= 0.3 is 4.83 Å². The van der Waals surface area contributed by atoms with Crippen LogP contribution in [0.3, 0.4) is 0 Å². The zero-order chi connectivity index (χ0) is 7.65. The first-order valence-electron chi connectivity index (χ1n) is 1.56. The lowest BCUT2D eigenvalue weighted by atomic mass is 11.1. The summed E-state index contributed by atoms with van der Waals surface area (Å²) in [7, 11) is 0. The second kappa shape index (κ2) is 2.21. The summed E-state index contributed by atoms with van der Waals surface area (Å²) in [6, 6.07) is 0. The SMILES string of the molecule is O=[N+]([O-])C(F)(Br)[N+](=O)[O-]. The largest absolute Gasteiger partial charge is 0.671 e. The van der Waals surface area contributed by atoms with Gasteiger partial charge in [-0.1, -0.05) is 4.39 Å². The summed E-state index contributed by atoms with van der Waals surface area (Å²) < 4.78 is 11.9. The van der Waals surface area contributed by atoms with Crippen LogP contribution in [0.5, 0.6) is 0 Å². The summed E-state index contributed by atoms with van der Waals surface area (Å²) in [4.78, 5) is 11.7. The van der Waals surface area contributed by atoms with Crippen LogP contribution in [0.1, 0.15) is 0 Å². The quantitative estimate of drug-likeness (QED) is 0.215. The molecule has 0 bridgehead atoms. The molecule has 52 valence electrons. The fourth-order valence-corrected chi connectivity index (χ4v) is 0.0667. The average Bonchev–Trinajstić information content (AvgIpc) is 1.65. The topological polar surface area (TPSA) is 86.3 Å². The molecule has 0 aliphatic heterocycles. The van der Waals surface area contributed by atoms with E-state index in [2.05, 4.69) is 0 Å². The smallest absolute Gasteiger partial charge is 0.255 e. The van der Waals surface area contributed by atoms with E-state index in [0.717, 1.165) is 0 Å². The number of hydrogen-bond donors (Lipinski definition) is 0. The van der Waals surface area contributed by atoms with Crippen LogP contribution in [0.4, 0.5) is 4.39 Å². The number of nitrogens with zero attached hydrogens (tertiary/aromatic N) is 2. The van der Waals surface area contributed by atoms with Crippen molar-refractivity contribution in [3.63, 3.8) is 0 Å². The summed E-state index contributed by atoms with van der Waals surface area (Å²) in [6.07, 6.45) is 0. The van der Waals surface area contributed by atoms with Crippen LogP contribution >= 0.6 is 15.9 Å². The predicted molar refractivity (Wildman–Crippen MR) is 26.8 cm³/mol. The molecule has 0 heterocycles. The van der Waals surface area contributed by atoms with E-state index in [0.29, 0.717) is 0 Å². The monoisotopic (exact) mass is 202 g/mol. The molecular weight excluding hydrogens is 203 g/mol. The van der Waals surface area contributed by atoms with Crippen LogP contribution in [0.2, 0.25) is 0 Å². The molecule has 6 nitrogen and oxygen atoms in total. The van der Waals surface area contributed by atoms with E-state index in [1.807, 2.05) is 0 Å². The molecule has 0 spiro atoms. The molecular formula is CBrFN2O4. The first kappa shape index (κ1) is 8.21. The second-order valence-corrected chi connectivity index (χ2v) is 2.03. The van der Waals surface area contributed by atoms with E-state index in [1.165, 1.54) is 0 Å². The highest BCUT2D eigenvalue weighted by molar-refractivity contribution is 9.09. The summed E-state index contributed by atoms with van der Waals surface area (Å²) in [5, 5.41) is 18.8. The van der Waals surface area contributed by atoms with Crippen molar-refractivity contribution < 1.29 is 14.2 Å². The molecule has 0 aromatic rings. The molecule has 0 atom stereocenters. The number of alkyl halides is 2. The molecule has 0 saturated carbocycles. The lowest BCUT2D eigenvalue weighted by Gasteiger charge is -1.96. The minimum atomic E-state index is -3.74. The van der Waals surface area contributed by atoms with E-state index in [9.17, 15) is 24.6 Å². The van der Waals surface area contributed by atoms with Crippen molar-refractivity contribution >= 4 is 15.9 Å². The summed E-state index contributed by atoms with van der Waals surface area (Å²) in [5.74, 6) is 0. The summed E-state index contributed by atoms with van der Waals surface area (Å²) >= 11 is 1.65. The minimum Gasteiger partial charge on any atom is -0.255 e. The molecule has 0 rings (SSSR count). The van der Waals surface area contributed by atoms with Crippen LogP contribution < -0.4 is 0 Å². The molecule has 8 heteroatoms. The van der Waals surface area contributed by atoms with Crippen molar-refractivity contribution in [1.29, 1.82) is 0 Å². The molecule has 0 N–H and O–H groups in total. The molecule has 0 fully saturated rings. The highest BCUT2D eigenvalue weighted by Gasteiger charge is 2.55. The van der Waals surface area contributed by atoms with Crippen LogP contribution in [0.25, 0.3) is 0 Å². The van der Waals surface area contributed by atoms with Crippen molar-refractivity contribution in [2.24, 2.45) is 0 Å². The molecule has 0 aliphatic rings. The van der Waals surface area contributed by atoms with Gasteiger partial charge in [-0.2, -0.15) is 0 Å². The molecule has 0 aliphatic carbocycles. The van der Waals surface area contributed by atoms with Gasteiger partial charge in [-0.05, 0) is 0 Å². The molecule has 9 heavy (non-hydrogen) atoms. The van der Waals surface area contributed by atoms with E-state index < -0.39 is 14.7 Å². The molecule has 0 unspecified atom stereocenters. The van der Waals surface area contributed by atoms with Crippen molar-refractivity contribution in [3.8, 4) is 0 Å². The second-order valence-electron chi connectivity index (χ2n) is 1.02. The van der Waals surface area contributed by atoms with Gasteiger partial charge in [0.2, 0.25) is 0 Å². The number of halogens is 2. The van der Waals surface area contributed by atoms with Crippen LogP contribution in [-0.4, -0.2) is 14.7 Å². The standard InChI is InChI=1S/CBrFN2O4/c2-1(3,4(6)7)5(8)9. The Hall–Kier alpha value is -0.790. The maximum atomic E-state index is 11.9. The van der Waals surface area contributed by atoms with Crippen LogP contribution in [0.15, 0.2) is 0 Å². The van der Waals surface area contributed by atoms with Crippen LogP contribution in [-0.2, 0) is 0 Å². The van der Waals surface area contributed by atoms with Gasteiger partial charge in [0, 0.05) is 0 Å². The van der Waals surface area contributed by atoms with Gasteiger partial charge in [0.1, 0.15) is 25.8 Å². The Balaban J connectivity index is 4.38. The maximum Gasteiger partial charge on any atom is 0.671 e. The fraction of sp³-hybridized carbons (Fsp3) is 1.00. The zero-order valence-electron chi connectivity index (χ0n) is 3.78. The fourth-order valence-electron chi connectivity index (χ4n) is 0.0667. The Bertz CT molecular complexity index is 141. The normalized spacial score (nSPS) is 10.9. The van der Waals surface area contributed by atoms with Gasteiger partial charge in [0.05, 0.1) is 0 Å². The Morgan fingerprint density at radius 3 is 1.56 bits per heavy atom. The molecule has 0 amide bonds. The lowest BCUT2D eigenvalue weighted by molar-refractivity contribution is -0.790. The number of nitro groups is 2. The van der Waals surface area contributed by atoms with E-state index in [-0.39, 0.29) is 0 Å². The van der Waals surface area contributed by atoms with Crippen molar-refractivity contribution in [2.75, 3.05) is 0 Å².